The van der Waals surface area contributed by atoms with Crippen molar-refractivity contribution in [2.75, 3.05) is 0 Å². The maximum atomic E-state index is 12.3. The van der Waals surface area contributed by atoms with Crippen LogP contribution in [0.4, 0.5) is 0 Å². The fraction of sp³-hybridized carbons (Fsp3) is 0.273. The van der Waals surface area contributed by atoms with Crippen molar-refractivity contribution in [2.45, 2.75) is 38.0 Å². The van der Waals surface area contributed by atoms with Gasteiger partial charge in [-0.25, -0.2) is 14.3 Å². The molecule has 1 saturated carbocycles. The van der Waals surface area contributed by atoms with E-state index in [2.05, 4.69) is 51.2 Å². The molecule has 7 heteroatoms. The number of hydrogen-bond acceptors (Lipinski definition) is 4. The molecule has 0 saturated heterocycles. The highest BCUT2D eigenvalue weighted by atomic mass is 16.2. The lowest BCUT2D eigenvalue weighted by Gasteiger charge is -2.15. The Morgan fingerprint density at radius 2 is 2.10 bits per heavy atom. The van der Waals surface area contributed by atoms with Gasteiger partial charge in [-0.15, -0.1) is 0 Å². The summed E-state index contributed by atoms with van der Waals surface area (Å²) in [4.78, 5) is 32.9. The molecule has 146 valence electrons. The van der Waals surface area contributed by atoms with Gasteiger partial charge >= 0.3 is 5.69 Å². The quantitative estimate of drug-likeness (QED) is 0.550. The molecule has 0 radical (unpaired) electrons. The number of fused-ring (bicyclic) bond motifs is 1. The van der Waals surface area contributed by atoms with Gasteiger partial charge in [0.15, 0.2) is 5.65 Å². The SMILES string of the molecule is CC(Cc1cccc(C2CC2)c1)c1cc(-c2c[nH]c(=O)[nH]c2=O)nn2ccnc12. The van der Waals surface area contributed by atoms with Gasteiger partial charge in [-0.2, -0.15) is 5.10 Å². The van der Waals surface area contributed by atoms with Crippen LogP contribution >= 0.6 is 0 Å². The Labute approximate surface area is 166 Å². The van der Waals surface area contributed by atoms with Crippen LogP contribution in [0.3, 0.4) is 0 Å². The molecule has 3 aromatic heterocycles. The number of aromatic nitrogens is 5. The molecule has 2 N–H and O–H groups in total. The van der Waals surface area contributed by atoms with Crippen LogP contribution in [0.1, 0.15) is 48.3 Å². The van der Waals surface area contributed by atoms with E-state index in [9.17, 15) is 9.59 Å². The van der Waals surface area contributed by atoms with E-state index in [1.165, 1.54) is 30.2 Å². The molecule has 0 aliphatic heterocycles. The Kier molecular flexibility index (Phi) is 4.16. The summed E-state index contributed by atoms with van der Waals surface area (Å²) in [5.74, 6) is 0.904. The number of H-pyrrole nitrogens is 2. The van der Waals surface area contributed by atoms with Crippen LogP contribution in [-0.2, 0) is 6.42 Å². The first-order valence-electron chi connectivity index (χ1n) is 9.84. The fourth-order valence-corrected chi connectivity index (χ4v) is 3.89. The average Bonchev–Trinajstić information content (AvgIpc) is 3.45. The predicted molar refractivity (Wildman–Crippen MR) is 110 cm³/mol. The summed E-state index contributed by atoms with van der Waals surface area (Å²) in [6.45, 7) is 2.16. The largest absolute Gasteiger partial charge is 0.325 e. The molecule has 1 fully saturated rings. The van der Waals surface area contributed by atoms with E-state index in [1.54, 1.807) is 16.9 Å². The normalized spacial score (nSPS) is 14.9. The predicted octanol–water partition coefficient (Wildman–Crippen LogP) is 3.00. The molecule has 3 heterocycles. The highest BCUT2D eigenvalue weighted by Crippen LogP contribution is 2.40. The van der Waals surface area contributed by atoms with E-state index in [0.717, 1.165) is 23.5 Å². The number of benzene rings is 1. The Balaban J connectivity index is 1.55. The molecule has 0 amide bonds. The van der Waals surface area contributed by atoms with Gasteiger partial charge in [-0.1, -0.05) is 31.2 Å². The summed E-state index contributed by atoms with van der Waals surface area (Å²) in [5, 5.41) is 4.50. The zero-order valence-electron chi connectivity index (χ0n) is 16.1. The first-order valence-corrected chi connectivity index (χ1v) is 9.84. The topological polar surface area (TPSA) is 95.9 Å². The summed E-state index contributed by atoms with van der Waals surface area (Å²) >= 11 is 0. The zero-order chi connectivity index (χ0) is 20.0. The minimum atomic E-state index is -0.536. The van der Waals surface area contributed by atoms with Crippen molar-refractivity contribution in [3.8, 4) is 11.3 Å². The summed E-state index contributed by atoms with van der Waals surface area (Å²) in [6, 6.07) is 10.7. The number of rotatable bonds is 5. The van der Waals surface area contributed by atoms with Crippen molar-refractivity contribution >= 4 is 5.65 Å². The molecule has 1 aliphatic carbocycles. The lowest BCUT2D eigenvalue weighted by Crippen LogP contribution is -2.23. The molecule has 4 aromatic rings. The molecule has 5 rings (SSSR count). The average molecular weight is 387 g/mol. The second-order valence-electron chi connectivity index (χ2n) is 7.79. The fourth-order valence-electron chi connectivity index (χ4n) is 3.89. The van der Waals surface area contributed by atoms with Crippen molar-refractivity contribution in [3.05, 3.63) is 86.5 Å². The molecular weight excluding hydrogens is 366 g/mol. The van der Waals surface area contributed by atoms with Gasteiger partial charge in [0.2, 0.25) is 0 Å². The lowest BCUT2D eigenvalue weighted by molar-refractivity contribution is 0.749. The molecule has 7 nitrogen and oxygen atoms in total. The van der Waals surface area contributed by atoms with Gasteiger partial charge in [0, 0.05) is 24.2 Å². The third-order valence-electron chi connectivity index (χ3n) is 5.56. The first-order chi connectivity index (χ1) is 14.1. The van der Waals surface area contributed by atoms with Crippen molar-refractivity contribution in [2.24, 2.45) is 0 Å². The molecule has 1 unspecified atom stereocenters. The number of nitrogens with zero attached hydrogens (tertiary/aromatic N) is 3. The summed E-state index contributed by atoms with van der Waals surface area (Å²) in [5.41, 5.74) is 4.35. The van der Waals surface area contributed by atoms with Gasteiger partial charge in [0.05, 0.1) is 11.3 Å². The highest BCUT2D eigenvalue weighted by Gasteiger charge is 2.24. The monoisotopic (exact) mass is 387 g/mol. The molecule has 29 heavy (non-hydrogen) atoms. The number of hydrogen-bond donors (Lipinski definition) is 2. The second kappa shape index (κ2) is 6.84. The van der Waals surface area contributed by atoms with Crippen molar-refractivity contribution < 1.29 is 0 Å². The molecule has 0 spiro atoms. The maximum Gasteiger partial charge on any atom is 0.325 e. The van der Waals surface area contributed by atoms with Gasteiger partial charge < -0.3 is 4.98 Å². The third kappa shape index (κ3) is 3.40. The van der Waals surface area contributed by atoms with Gasteiger partial charge in [-0.05, 0) is 48.3 Å². The van der Waals surface area contributed by atoms with Gasteiger partial charge in [-0.3, -0.25) is 9.78 Å². The van der Waals surface area contributed by atoms with Crippen molar-refractivity contribution in [1.82, 2.24) is 24.6 Å². The second-order valence-corrected chi connectivity index (χ2v) is 7.79. The van der Waals surface area contributed by atoms with Crippen LogP contribution in [0.5, 0.6) is 0 Å². The van der Waals surface area contributed by atoms with Crippen LogP contribution in [0, 0.1) is 0 Å². The minimum Gasteiger partial charge on any atom is -0.313 e. The molecule has 1 aromatic carbocycles. The molecular formula is C22H21N5O2. The van der Waals surface area contributed by atoms with Gasteiger partial charge in [0.25, 0.3) is 5.56 Å². The lowest BCUT2D eigenvalue weighted by atomic mass is 9.92. The van der Waals surface area contributed by atoms with E-state index < -0.39 is 11.2 Å². The van der Waals surface area contributed by atoms with Gasteiger partial charge in [0.1, 0.15) is 0 Å². The summed E-state index contributed by atoms with van der Waals surface area (Å²) in [6.07, 6.45) is 8.31. The van der Waals surface area contributed by atoms with Crippen LogP contribution in [0.2, 0.25) is 0 Å². The number of aromatic amines is 2. The summed E-state index contributed by atoms with van der Waals surface area (Å²) < 4.78 is 1.69. The number of nitrogens with one attached hydrogen (secondary N) is 2. The highest BCUT2D eigenvalue weighted by molar-refractivity contribution is 5.62. The number of imidazole rings is 1. The zero-order valence-corrected chi connectivity index (χ0v) is 16.1. The maximum absolute atomic E-state index is 12.3. The molecule has 1 aliphatic rings. The first kappa shape index (κ1) is 17.6. The molecule has 0 bridgehead atoms. The summed E-state index contributed by atoms with van der Waals surface area (Å²) in [7, 11) is 0. The van der Waals surface area contributed by atoms with Crippen LogP contribution in [0.25, 0.3) is 16.9 Å². The van der Waals surface area contributed by atoms with Crippen LogP contribution in [0.15, 0.2) is 58.5 Å². The van der Waals surface area contributed by atoms with E-state index in [-0.39, 0.29) is 5.92 Å². The van der Waals surface area contributed by atoms with Crippen LogP contribution < -0.4 is 11.2 Å². The van der Waals surface area contributed by atoms with E-state index in [4.69, 9.17) is 0 Å². The Morgan fingerprint density at radius 3 is 2.90 bits per heavy atom. The Bertz CT molecular complexity index is 1310. The van der Waals surface area contributed by atoms with Crippen LogP contribution in [-0.4, -0.2) is 24.6 Å². The smallest absolute Gasteiger partial charge is 0.313 e. The van der Waals surface area contributed by atoms with Crippen molar-refractivity contribution in [1.29, 1.82) is 0 Å². The van der Waals surface area contributed by atoms with E-state index in [0.29, 0.717) is 11.3 Å². The molecule has 1 atom stereocenters. The standard InChI is InChI=1S/C22H21N5O2/c1-13(9-14-3-2-4-16(10-14)15-5-6-15)17-11-19(26-27-8-7-23-20(17)27)18-12-24-22(29)25-21(18)28/h2-4,7-8,10-13,15H,5-6,9H2,1H3,(H2,24,25,28,29). The van der Waals surface area contributed by atoms with E-state index >= 15 is 0 Å². The minimum absolute atomic E-state index is 0.179. The Hall–Kier alpha value is -3.48. The van der Waals surface area contributed by atoms with E-state index in [1.807, 2.05) is 6.07 Å². The Morgan fingerprint density at radius 1 is 1.24 bits per heavy atom. The third-order valence-corrected chi connectivity index (χ3v) is 5.56. The van der Waals surface area contributed by atoms with Crippen molar-refractivity contribution in [3.63, 3.8) is 0 Å².